The summed E-state index contributed by atoms with van der Waals surface area (Å²) in [6.45, 7) is 0. The highest BCUT2D eigenvalue weighted by Crippen LogP contribution is 2.49. The number of rotatable bonds is 5. The third-order valence-electron chi connectivity index (χ3n) is 6.34. The molecule has 0 amide bonds. The molecular formula is C27H25IN2O2. The summed E-state index contributed by atoms with van der Waals surface area (Å²) in [5.41, 5.74) is 5.86. The number of nitrogens with one attached hydrogen (secondary N) is 1. The van der Waals surface area contributed by atoms with Gasteiger partial charge >= 0.3 is 0 Å². The Morgan fingerprint density at radius 3 is 2.62 bits per heavy atom. The minimum atomic E-state index is 0.301. The summed E-state index contributed by atoms with van der Waals surface area (Å²) in [5, 5.41) is 3.79. The van der Waals surface area contributed by atoms with Crippen molar-refractivity contribution in [2.75, 3.05) is 19.5 Å². The van der Waals surface area contributed by atoms with Crippen LogP contribution in [0, 0.1) is 9.49 Å². The van der Waals surface area contributed by atoms with Crippen molar-refractivity contribution in [1.29, 1.82) is 0 Å². The van der Waals surface area contributed by atoms with E-state index in [1.165, 1.54) is 16.8 Å². The molecule has 0 saturated carbocycles. The number of fused-ring (bicyclic) bond motifs is 3. The Morgan fingerprint density at radius 2 is 1.84 bits per heavy atom. The highest BCUT2D eigenvalue weighted by atomic mass is 127. The smallest absolute Gasteiger partial charge is 0.174 e. The number of aliphatic imine (C=N–C) groups is 1. The Hall–Kier alpha value is -2.80. The van der Waals surface area contributed by atoms with E-state index in [4.69, 9.17) is 9.47 Å². The molecule has 0 spiro atoms. The van der Waals surface area contributed by atoms with E-state index in [-0.39, 0.29) is 0 Å². The minimum Gasteiger partial charge on any atom is -0.493 e. The fourth-order valence-electron chi connectivity index (χ4n) is 4.80. The van der Waals surface area contributed by atoms with Gasteiger partial charge in [-0.3, -0.25) is 4.99 Å². The van der Waals surface area contributed by atoms with Crippen molar-refractivity contribution in [3.05, 3.63) is 93.1 Å². The predicted molar refractivity (Wildman–Crippen MR) is 139 cm³/mol. The van der Waals surface area contributed by atoms with Crippen LogP contribution in [0.3, 0.4) is 0 Å². The summed E-state index contributed by atoms with van der Waals surface area (Å²) in [7, 11) is 3.30. The number of ether oxygens (including phenoxy) is 2. The second-order valence-corrected chi connectivity index (χ2v) is 9.31. The van der Waals surface area contributed by atoms with Gasteiger partial charge in [-0.15, -0.1) is 0 Å². The van der Waals surface area contributed by atoms with E-state index < -0.39 is 0 Å². The highest BCUT2D eigenvalue weighted by Gasteiger charge is 2.37. The molecule has 3 aromatic rings. The Balaban J connectivity index is 1.37. The second-order valence-electron chi connectivity index (χ2n) is 8.15. The van der Waals surface area contributed by atoms with E-state index in [0.29, 0.717) is 23.6 Å². The molecule has 0 saturated heterocycles. The summed E-state index contributed by atoms with van der Waals surface area (Å²) in [6.07, 6.45) is 7.68. The normalized spacial score (nSPS) is 21.2. The number of hydrogen-bond acceptors (Lipinski definition) is 4. The molecule has 0 radical (unpaired) electrons. The summed E-state index contributed by atoms with van der Waals surface area (Å²) in [4.78, 5) is 4.68. The summed E-state index contributed by atoms with van der Waals surface area (Å²) < 4.78 is 11.9. The Kier molecular flexibility index (Phi) is 5.91. The van der Waals surface area contributed by atoms with Crippen LogP contribution in [0.15, 0.2) is 77.8 Å². The van der Waals surface area contributed by atoms with Crippen LogP contribution < -0.4 is 14.8 Å². The number of nitrogens with zero attached hydrogens (tertiary/aromatic N) is 1. The van der Waals surface area contributed by atoms with E-state index in [2.05, 4.69) is 93.6 Å². The molecule has 1 heterocycles. The van der Waals surface area contributed by atoms with Gasteiger partial charge in [-0.25, -0.2) is 0 Å². The van der Waals surface area contributed by atoms with Gasteiger partial charge in [-0.1, -0.05) is 42.5 Å². The van der Waals surface area contributed by atoms with Crippen molar-refractivity contribution >= 4 is 40.2 Å². The zero-order chi connectivity index (χ0) is 22.1. The molecular weight excluding hydrogens is 511 g/mol. The zero-order valence-electron chi connectivity index (χ0n) is 18.1. The lowest BCUT2D eigenvalue weighted by molar-refractivity contribution is 0.353. The third-order valence-corrected chi connectivity index (χ3v) is 7.14. The maximum Gasteiger partial charge on any atom is 0.174 e. The number of anilines is 1. The molecule has 4 nitrogen and oxygen atoms in total. The molecule has 1 aliphatic carbocycles. The van der Waals surface area contributed by atoms with Crippen LogP contribution in [0.1, 0.15) is 35.1 Å². The van der Waals surface area contributed by atoms with Gasteiger partial charge in [0.25, 0.3) is 0 Å². The quantitative estimate of drug-likeness (QED) is 0.220. The van der Waals surface area contributed by atoms with Gasteiger partial charge in [-0.2, -0.15) is 0 Å². The lowest BCUT2D eigenvalue weighted by Crippen LogP contribution is -2.28. The second kappa shape index (κ2) is 8.98. The lowest BCUT2D eigenvalue weighted by Gasteiger charge is -2.37. The summed E-state index contributed by atoms with van der Waals surface area (Å²) in [5.74, 6) is 2.49. The maximum atomic E-state index is 5.45. The number of methoxy groups -OCH3 is 2. The van der Waals surface area contributed by atoms with Crippen molar-refractivity contribution in [3.8, 4) is 11.5 Å². The molecule has 5 heteroatoms. The monoisotopic (exact) mass is 536 g/mol. The molecule has 5 rings (SSSR count). The predicted octanol–water partition coefficient (Wildman–Crippen LogP) is 6.89. The van der Waals surface area contributed by atoms with Crippen molar-refractivity contribution in [2.24, 2.45) is 10.9 Å². The van der Waals surface area contributed by atoms with Crippen LogP contribution in [-0.2, 0) is 0 Å². The molecule has 1 N–H and O–H groups in total. The molecule has 32 heavy (non-hydrogen) atoms. The van der Waals surface area contributed by atoms with Crippen molar-refractivity contribution in [2.45, 2.75) is 18.4 Å². The molecule has 0 bridgehead atoms. The largest absolute Gasteiger partial charge is 0.493 e. The number of hydrogen-bond donors (Lipinski definition) is 1. The first-order chi connectivity index (χ1) is 15.7. The molecule has 1 aliphatic heterocycles. The van der Waals surface area contributed by atoms with Crippen LogP contribution >= 0.6 is 22.6 Å². The van der Waals surface area contributed by atoms with E-state index in [1.807, 2.05) is 18.3 Å². The van der Waals surface area contributed by atoms with Gasteiger partial charge in [0.05, 0.1) is 29.5 Å². The molecule has 3 atom stereocenters. The molecule has 0 fully saturated rings. The topological polar surface area (TPSA) is 42.8 Å². The fourth-order valence-corrected chi connectivity index (χ4v) is 5.65. The Labute approximate surface area is 202 Å². The molecule has 162 valence electrons. The lowest BCUT2D eigenvalue weighted by atomic mass is 9.77. The molecule has 0 unspecified atom stereocenters. The molecule has 2 aliphatic rings. The number of para-hydroxylation sites is 1. The van der Waals surface area contributed by atoms with Crippen molar-refractivity contribution < 1.29 is 9.47 Å². The first-order valence-electron chi connectivity index (χ1n) is 10.8. The van der Waals surface area contributed by atoms with Crippen molar-refractivity contribution in [1.82, 2.24) is 0 Å². The molecule has 3 aromatic carbocycles. The average Bonchev–Trinajstić information content (AvgIpc) is 3.32. The minimum absolute atomic E-state index is 0.301. The van der Waals surface area contributed by atoms with Crippen LogP contribution in [0.2, 0.25) is 0 Å². The van der Waals surface area contributed by atoms with Gasteiger partial charge in [-0.05, 0) is 82.0 Å². The number of allylic oxidation sites excluding steroid dienone is 2. The molecule has 0 aromatic heterocycles. The number of halogens is 1. The SMILES string of the molecule is COc1cc(C=Nc2ccc([C@@H]3Nc4ccccc4[C@@H]4C=CC[C@@H]43)cc2)cc(I)c1OC. The summed E-state index contributed by atoms with van der Waals surface area (Å²) in [6, 6.07) is 21.5. The van der Waals surface area contributed by atoms with Crippen LogP contribution in [0.25, 0.3) is 0 Å². The van der Waals surface area contributed by atoms with Crippen LogP contribution in [0.4, 0.5) is 11.4 Å². The first-order valence-corrected chi connectivity index (χ1v) is 11.8. The van der Waals surface area contributed by atoms with Gasteiger partial charge in [0, 0.05) is 17.8 Å². The number of benzene rings is 3. The van der Waals surface area contributed by atoms with Crippen LogP contribution in [0.5, 0.6) is 11.5 Å². The average molecular weight is 536 g/mol. The summed E-state index contributed by atoms with van der Waals surface area (Å²) >= 11 is 2.25. The van der Waals surface area contributed by atoms with E-state index in [0.717, 1.165) is 27.0 Å². The highest BCUT2D eigenvalue weighted by molar-refractivity contribution is 14.1. The van der Waals surface area contributed by atoms with E-state index in [9.17, 15) is 0 Å². The van der Waals surface area contributed by atoms with E-state index in [1.54, 1.807) is 14.2 Å². The standard InChI is InChI=1S/C27H25IN2O2/c1-31-25-15-17(14-23(28)27(25)32-2)16-29-19-12-10-18(11-13-19)26-22-8-5-7-20(22)21-6-3-4-9-24(21)30-26/h3-7,9-16,20,22,26,30H,8H2,1-2H3/t20-,22-,26-/m0/s1. The maximum absolute atomic E-state index is 5.45. The Morgan fingerprint density at radius 1 is 1.03 bits per heavy atom. The van der Waals surface area contributed by atoms with Gasteiger partial charge < -0.3 is 14.8 Å². The Bertz CT molecular complexity index is 1190. The van der Waals surface area contributed by atoms with Gasteiger partial charge in [0.2, 0.25) is 0 Å². The first kappa shape index (κ1) is 21.1. The van der Waals surface area contributed by atoms with Crippen LogP contribution in [-0.4, -0.2) is 20.4 Å². The third kappa shape index (κ3) is 3.90. The van der Waals surface area contributed by atoms with Gasteiger partial charge in [0.15, 0.2) is 11.5 Å². The van der Waals surface area contributed by atoms with E-state index >= 15 is 0 Å². The van der Waals surface area contributed by atoms with Crippen molar-refractivity contribution in [3.63, 3.8) is 0 Å². The van der Waals surface area contributed by atoms with Gasteiger partial charge in [0.1, 0.15) is 0 Å². The fraction of sp³-hybridized carbons (Fsp3) is 0.222. The zero-order valence-corrected chi connectivity index (χ0v) is 20.2.